The lowest BCUT2D eigenvalue weighted by molar-refractivity contribution is 0.587. The Morgan fingerprint density at radius 3 is 2.60 bits per heavy atom. The molecule has 8 heteroatoms. The van der Waals surface area contributed by atoms with Gasteiger partial charge in [0.1, 0.15) is 10.7 Å². The summed E-state index contributed by atoms with van der Waals surface area (Å²) < 4.78 is 41.2. The van der Waals surface area contributed by atoms with E-state index in [9.17, 15) is 12.8 Å². The van der Waals surface area contributed by atoms with Gasteiger partial charge in [-0.1, -0.05) is 12.1 Å². The molecule has 3 aromatic rings. The highest BCUT2D eigenvalue weighted by molar-refractivity contribution is 7.90. The summed E-state index contributed by atoms with van der Waals surface area (Å²) in [7, 11) is -2.11. The molecule has 1 aromatic carbocycles. The first-order valence-electron chi connectivity index (χ1n) is 7.30. The quantitative estimate of drug-likeness (QED) is 0.737. The Hall–Kier alpha value is -2.22. The Morgan fingerprint density at radius 2 is 1.96 bits per heavy atom. The van der Waals surface area contributed by atoms with E-state index in [1.165, 1.54) is 30.7 Å². The number of pyridine rings is 1. The molecule has 0 unspecified atom stereocenters. The van der Waals surface area contributed by atoms with Crippen LogP contribution in [-0.4, -0.2) is 24.4 Å². The molecule has 25 heavy (non-hydrogen) atoms. The van der Waals surface area contributed by atoms with Gasteiger partial charge >= 0.3 is 0 Å². The molecule has 0 fully saturated rings. The van der Waals surface area contributed by atoms with Gasteiger partial charge in [0.2, 0.25) is 0 Å². The van der Waals surface area contributed by atoms with E-state index in [0.717, 1.165) is 9.54 Å². The minimum absolute atomic E-state index is 0. The highest BCUT2D eigenvalue weighted by Gasteiger charge is 2.23. The van der Waals surface area contributed by atoms with Crippen molar-refractivity contribution in [2.45, 2.75) is 11.4 Å². The van der Waals surface area contributed by atoms with Gasteiger partial charge in [0.05, 0.1) is 5.69 Å². The summed E-state index contributed by atoms with van der Waals surface area (Å²) in [5.41, 5.74) is 1.25. The van der Waals surface area contributed by atoms with Gasteiger partial charge in [0, 0.05) is 30.7 Å². The lowest BCUT2D eigenvalue weighted by Crippen LogP contribution is -2.14. The fourth-order valence-electron chi connectivity index (χ4n) is 2.47. The van der Waals surface area contributed by atoms with Gasteiger partial charge < -0.3 is 5.32 Å². The van der Waals surface area contributed by atoms with Gasteiger partial charge in [-0.25, -0.2) is 16.8 Å². The topological polar surface area (TPSA) is 64.0 Å². The second kappa shape index (κ2) is 7.77. The molecule has 0 saturated heterocycles. The van der Waals surface area contributed by atoms with E-state index < -0.39 is 15.8 Å². The van der Waals surface area contributed by atoms with Crippen LogP contribution < -0.4 is 5.32 Å². The third kappa shape index (κ3) is 3.73. The molecule has 0 saturated carbocycles. The van der Waals surface area contributed by atoms with Gasteiger partial charge in [0.15, 0.2) is 0 Å². The van der Waals surface area contributed by atoms with Crippen LogP contribution in [0.25, 0.3) is 11.3 Å². The fourth-order valence-corrected chi connectivity index (χ4v) is 3.83. The van der Waals surface area contributed by atoms with Crippen LogP contribution in [-0.2, 0) is 16.6 Å². The molecule has 0 aliphatic rings. The van der Waals surface area contributed by atoms with E-state index in [1.54, 1.807) is 37.4 Å². The summed E-state index contributed by atoms with van der Waals surface area (Å²) in [6.45, 7) is 0.469. The SMILES string of the molecule is CNCc1cc(-c2ccccc2F)n(S(=O)(=O)c2cccnc2)c1.Cl. The van der Waals surface area contributed by atoms with E-state index in [1.807, 2.05) is 0 Å². The zero-order chi connectivity index (χ0) is 17.2. The van der Waals surface area contributed by atoms with Crippen molar-refractivity contribution in [3.05, 3.63) is 72.4 Å². The third-order valence-electron chi connectivity index (χ3n) is 3.56. The zero-order valence-corrected chi connectivity index (χ0v) is 15.0. The maximum absolute atomic E-state index is 14.2. The van der Waals surface area contributed by atoms with Crippen molar-refractivity contribution in [3.63, 3.8) is 0 Å². The average molecular weight is 382 g/mol. The predicted octanol–water partition coefficient (Wildman–Crippen LogP) is 3.07. The molecule has 132 valence electrons. The highest BCUT2D eigenvalue weighted by Crippen LogP contribution is 2.28. The summed E-state index contributed by atoms with van der Waals surface area (Å²) in [4.78, 5) is 3.91. The van der Waals surface area contributed by atoms with Crippen molar-refractivity contribution in [2.24, 2.45) is 0 Å². The third-order valence-corrected chi connectivity index (χ3v) is 5.22. The van der Waals surface area contributed by atoms with Crippen LogP contribution in [0.5, 0.6) is 0 Å². The second-order valence-corrected chi connectivity index (χ2v) is 7.05. The normalized spacial score (nSPS) is 11.1. The van der Waals surface area contributed by atoms with E-state index in [4.69, 9.17) is 0 Å². The molecule has 2 heterocycles. The van der Waals surface area contributed by atoms with Gasteiger partial charge in [-0.15, -0.1) is 12.4 Å². The summed E-state index contributed by atoms with van der Waals surface area (Å²) in [6.07, 6.45) is 4.28. The fraction of sp³-hybridized carbons (Fsp3) is 0.118. The van der Waals surface area contributed by atoms with Crippen LogP contribution >= 0.6 is 12.4 Å². The molecule has 0 aliphatic carbocycles. The minimum atomic E-state index is -3.87. The number of rotatable bonds is 5. The van der Waals surface area contributed by atoms with Crippen molar-refractivity contribution in [1.29, 1.82) is 0 Å². The largest absolute Gasteiger partial charge is 0.316 e. The number of halogens is 2. The molecule has 0 radical (unpaired) electrons. The number of hydrogen-bond acceptors (Lipinski definition) is 4. The number of benzene rings is 1. The number of nitrogens with zero attached hydrogens (tertiary/aromatic N) is 2. The van der Waals surface area contributed by atoms with Crippen molar-refractivity contribution >= 4 is 22.4 Å². The Kier molecular flexibility index (Phi) is 5.94. The first kappa shape index (κ1) is 19.1. The highest BCUT2D eigenvalue weighted by atomic mass is 35.5. The molecule has 0 atom stereocenters. The lowest BCUT2D eigenvalue weighted by atomic mass is 10.1. The van der Waals surface area contributed by atoms with Crippen LogP contribution in [0.3, 0.4) is 0 Å². The average Bonchev–Trinajstić information content (AvgIpc) is 3.01. The molecule has 0 amide bonds. The number of hydrogen-bond donors (Lipinski definition) is 1. The number of aromatic nitrogens is 2. The van der Waals surface area contributed by atoms with Gasteiger partial charge in [-0.05, 0) is 42.9 Å². The molecular formula is C17H17ClFN3O2S. The molecule has 0 spiro atoms. The van der Waals surface area contributed by atoms with Crippen LogP contribution in [0.2, 0.25) is 0 Å². The van der Waals surface area contributed by atoms with E-state index in [0.29, 0.717) is 6.54 Å². The Bertz CT molecular complexity index is 959. The van der Waals surface area contributed by atoms with Gasteiger partial charge in [0.25, 0.3) is 10.0 Å². The van der Waals surface area contributed by atoms with Gasteiger partial charge in [-0.3, -0.25) is 4.98 Å². The Morgan fingerprint density at radius 1 is 1.20 bits per heavy atom. The Balaban J connectivity index is 0.00000225. The molecular weight excluding hydrogens is 365 g/mol. The van der Waals surface area contributed by atoms with E-state index >= 15 is 0 Å². The zero-order valence-electron chi connectivity index (χ0n) is 13.4. The van der Waals surface area contributed by atoms with Crippen molar-refractivity contribution in [1.82, 2.24) is 14.3 Å². The first-order chi connectivity index (χ1) is 11.5. The molecule has 0 bridgehead atoms. The monoisotopic (exact) mass is 381 g/mol. The molecule has 0 aliphatic heterocycles. The summed E-state index contributed by atoms with van der Waals surface area (Å²) in [5, 5.41) is 2.97. The lowest BCUT2D eigenvalue weighted by Gasteiger charge is -2.10. The van der Waals surface area contributed by atoms with Gasteiger partial charge in [-0.2, -0.15) is 0 Å². The van der Waals surface area contributed by atoms with Crippen molar-refractivity contribution in [2.75, 3.05) is 7.05 Å². The smallest absolute Gasteiger partial charge is 0.269 e. The van der Waals surface area contributed by atoms with Crippen LogP contribution in [0, 0.1) is 5.82 Å². The molecule has 1 N–H and O–H groups in total. The summed E-state index contributed by atoms with van der Waals surface area (Å²) >= 11 is 0. The van der Waals surface area contributed by atoms with Crippen molar-refractivity contribution in [3.8, 4) is 11.3 Å². The standard InChI is InChI=1S/C17H16FN3O2S.ClH/c1-19-10-13-9-17(15-6-2-3-7-16(15)18)21(12-13)24(22,23)14-5-4-8-20-11-14;/h2-9,11-12,19H,10H2,1H3;1H. The maximum atomic E-state index is 14.2. The second-order valence-electron chi connectivity index (χ2n) is 5.23. The van der Waals surface area contributed by atoms with Crippen molar-refractivity contribution < 1.29 is 12.8 Å². The minimum Gasteiger partial charge on any atom is -0.316 e. The maximum Gasteiger partial charge on any atom is 0.269 e. The first-order valence-corrected chi connectivity index (χ1v) is 8.74. The van der Waals surface area contributed by atoms with Crippen LogP contribution in [0.15, 0.2) is 66.0 Å². The molecule has 3 rings (SSSR count). The predicted molar refractivity (Wildman–Crippen MR) is 96.7 cm³/mol. The van der Waals surface area contributed by atoms with E-state index in [-0.39, 0.29) is 28.6 Å². The summed E-state index contributed by atoms with van der Waals surface area (Å²) in [6, 6.07) is 10.8. The number of nitrogens with one attached hydrogen (secondary N) is 1. The Labute approximate surface area is 152 Å². The van der Waals surface area contributed by atoms with Crippen LogP contribution in [0.1, 0.15) is 5.56 Å². The van der Waals surface area contributed by atoms with Crippen LogP contribution in [0.4, 0.5) is 4.39 Å². The summed E-state index contributed by atoms with van der Waals surface area (Å²) in [5.74, 6) is -0.478. The molecule has 2 aromatic heterocycles. The van der Waals surface area contributed by atoms with E-state index in [2.05, 4.69) is 10.3 Å². The molecule has 5 nitrogen and oxygen atoms in total.